The van der Waals surface area contributed by atoms with Gasteiger partial charge in [0.15, 0.2) is 0 Å². The Morgan fingerprint density at radius 3 is 2.65 bits per heavy atom. The molecular weight excluding hydrogens is 381 g/mol. The van der Waals surface area contributed by atoms with Crippen LogP contribution in [0.3, 0.4) is 0 Å². The summed E-state index contributed by atoms with van der Waals surface area (Å²) in [6.45, 7) is 0.192. The molecular formula is C17H13Cl2N3O4. The maximum absolute atomic E-state index is 12.4. The van der Waals surface area contributed by atoms with Gasteiger partial charge in [0.25, 0.3) is 5.69 Å². The first-order chi connectivity index (χ1) is 12.3. The van der Waals surface area contributed by atoms with Crippen molar-refractivity contribution in [3.63, 3.8) is 0 Å². The van der Waals surface area contributed by atoms with Gasteiger partial charge in [-0.3, -0.25) is 19.7 Å². The van der Waals surface area contributed by atoms with Crippen LogP contribution in [0.15, 0.2) is 42.5 Å². The van der Waals surface area contributed by atoms with Crippen LogP contribution in [0, 0.1) is 16.0 Å². The SMILES string of the molecule is O=C(Nc1cccc([N+](=O)[O-])c1)[C@@H]1CC(=O)N(c2ccc(Cl)c(Cl)c2)C1. The van der Waals surface area contributed by atoms with E-state index in [0.717, 1.165) is 0 Å². The Kier molecular flexibility index (Phi) is 5.11. The molecule has 0 spiro atoms. The second kappa shape index (κ2) is 7.31. The average molecular weight is 394 g/mol. The number of hydrogen-bond donors (Lipinski definition) is 1. The monoisotopic (exact) mass is 393 g/mol. The molecule has 1 atom stereocenters. The normalized spacial score (nSPS) is 16.6. The van der Waals surface area contributed by atoms with Crippen molar-refractivity contribution in [2.75, 3.05) is 16.8 Å². The first-order valence-corrected chi connectivity index (χ1v) is 8.41. The van der Waals surface area contributed by atoms with Crippen molar-refractivity contribution in [3.8, 4) is 0 Å². The van der Waals surface area contributed by atoms with Crippen LogP contribution in [-0.4, -0.2) is 23.3 Å². The third-order valence-electron chi connectivity index (χ3n) is 4.04. The maximum atomic E-state index is 12.4. The number of nitro benzene ring substituents is 1. The first kappa shape index (κ1) is 18.2. The molecule has 134 valence electrons. The van der Waals surface area contributed by atoms with E-state index < -0.39 is 10.8 Å². The molecule has 0 radical (unpaired) electrons. The molecule has 1 aliphatic rings. The fourth-order valence-corrected chi connectivity index (χ4v) is 3.02. The number of carbonyl (C=O) groups excluding carboxylic acids is 2. The summed E-state index contributed by atoms with van der Waals surface area (Å²) < 4.78 is 0. The highest BCUT2D eigenvalue weighted by Crippen LogP contribution is 2.31. The number of carbonyl (C=O) groups is 2. The van der Waals surface area contributed by atoms with Crippen molar-refractivity contribution in [2.45, 2.75) is 6.42 Å². The van der Waals surface area contributed by atoms with Crippen LogP contribution < -0.4 is 10.2 Å². The van der Waals surface area contributed by atoms with Gasteiger partial charge in [0.05, 0.1) is 20.9 Å². The molecule has 0 saturated carbocycles. The fourth-order valence-electron chi connectivity index (χ4n) is 2.73. The van der Waals surface area contributed by atoms with Gasteiger partial charge in [-0.15, -0.1) is 0 Å². The van der Waals surface area contributed by atoms with Gasteiger partial charge in [-0.05, 0) is 24.3 Å². The van der Waals surface area contributed by atoms with Gasteiger partial charge in [0.1, 0.15) is 0 Å². The molecule has 0 unspecified atom stereocenters. The largest absolute Gasteiger partial charge is 0.326 e. The molecule has 9 heteroatoms. The highest BCUT2D eigenvalue weighted by Gasteiger charge is 2.35. The van der Waals surface area contributed by atoms with Crippen molar-refractivity contribution in [1.29, 1.82) is 0 Å². The maximum Gasteiger partial charge on any atom is 0.271 e. The number of halogens is 2. The van der Waals surface area contributed by atoms with Crippen molar-refractivity contribution in [1.82, 2.24) is 0 Å². The molecule has 26 heavy (non-hydrogen) atoms. The number of benzene rings is 2. The Morgan fingerprint density at radius 2 is 1.96 bits per heavy atom. The smallest absolute Gasteiger partial charge is 0.271 e. The van der Waals surface area contributed by atoms with Gasteiger partial charge in [-0.2, -0.15) is 0 Å². The van der Waals surface area contributed by atoms with E-state index in [1.165, 1.54) is 23.1 Å². The highest BCUT2D eigenvalue weighted by molar-refractivity contribution is 6.42. The van der Waals surface area contributed by atoms with E-state index in [0.29, 0.717) is 21.4 Å². The minimum absolute atomic E-state index is 0.0427. The molecule has 0 aliphatic carbocycles. The molecule has 1 N–H and O–H groups in total. The topological polar surface area (TPSA) is 92.5 Å². The number of amides is 2. The van der Waals surface area contributed by atoms with Crippen molar-refractivity contribution < 1.29 is 14.5 Å². The van der Waals surface area contributed by atoms with Crippen LogP contribution in [0.2, 0.25) is 10.0 Å². The van der Waals surface area contributed by atoms with E-state index in [2.05, 4.69) is 5.32 Å². The van der Waals surface area contributed by atoms with Gasteiger partial charge in [-0.1, -0.05) is 29.3 Å². The predicted octanol–water partition coefficient (Wildman–Crippen LogP) is 3.89. The molecule has 0 bridgehead atoms. The zero-order valence-electron chi connectivity index (χ0n) is 13.3. The lowest BCUT2D eigenvalue weighted by Gasteiger charge is -2.17. The fraction of sp³-hybridized carbons (Fsp3) is 0.176. The Labute approximate surface area is 158 Å². The van der Waals surface area contributed by atoms with Crippen LogP contribution in [-0.2, 0) is 9.59 Å². The standard InChI is InChI=1S/C17H13Cl2N3O4/c18-14-5-4-12(8-15(14)19)21-9-10(6-16(21)23)17(24)20-11-2-1-3-13(7-11)22(25)26/h1-5,7-8,10H,6,9H2,(H,20,24)/t10-/m1/s1. The number of non-ortho nitro benzene ring substituents is 1. The minimum atomic E-state index is -0.573. The molecule has 7 nitrogen and oxygen atoms in total. The van der Waals surface area contributed by atoms with Crippen molar-refractivity contribution in [3.05, 3.63) is 62.6 Å². The lowest BCUT2D eigenvalue weighted by Crippen LogP contribution is -2.28. The molecule has 2 aromatic rings. The molecule has 1 aliphatic heterocycles. The number of anilines is 2. The van der Waals surface area contributed by atoms with Crippen molar-refractivity contribution in [2.24, 2.45) is 5.92 Å². The van der Waals surface area contributed by atoms with Gasteiger partial charge in [0, 0.05) is 36.5 Å². The van der Waals surface area contributed by atoms with Crippen LogP contribution in [0.25, 0.3) is 0 Å². The molecule has 0 aromatic heterocycles. The van der Waals surface area contributed by atoms with E-state index in [1.807, 2.05) is 0 Å². The van der Waals surface area contributed by atoms with Crippen molar-refractivity contribution >= 4 is 52.1 Å². The summed E-state index contributed by atoms with van der Waals surface area (Å²) >= 11 is 11.9. The Hall–Kier alpha value is -2.64. The minimum Gasteiger partial charge on any atom is -0.326 e. The van der Waals surface area contributed by atoms with E-state index in [9.17, 15) is 19.7 Å². The summed E-state index contributed by atoms with van der Waals surface area (Å²) in [7, 11) is 0. The zero-order chi connectivity index (χ0) is 18.8. The van der Waals surface area contributed by atoms with E-state index in [1.54, 1.807) is 24.3 Å². The van der Waals surface area contributed by atoms with Crippen LogP contribution >= 0.6 is 23.2 Å². The zero-order valence-corrected chi connectivity index (χ0v) is 14.8. The molecule has 2 amide bonds. The quantitative estimate of drug-likeness (QED) is 0.629. The summed E-state index contributed by atoms with van der Waals surface area (Å²) in [5.41, 5.74) is 0.752. The third-order valence-corrected chi connectivity index (χ3v) is 4.77. The molecule has 2 aromatic carbocycles. The molecule has 3 rings (SSSR count). The third kappa shape index (κ3) is 3.79. The number of hydrogen-bond acceptors (Lipinski definition) is 4. The van der Waals surface area contributed by atoms with E-state index in [4.69, 9.17) is 23.2 Å². The van der Waals surface area contributed by atoms with E-state index >= 15 is 0 Å². The van der Waals surface area contributed by atoms with Crippen LogP contribution in [0.5, 0.6) is 0 Å². The highest BCUT2D eigenvalue weighted by atomic mass is 35.5. The van der Waals surface area contributed by atoms with Gasteiger partial charge >= 0.3 is 0 Å². The molecule has 1 fully saturated rings. The molecule has 1 saturated heterocycles. The Bertz CT molecular complexity index is 903. The number of nitrogens with one attached hydrogen (secondary N) is 1. The first-order valence-electron chi connectivity index (χ1n) is 7.66. The lowest BCUT2D eigenvalue weighted by atomic mass is 10.1. The summed E-state index contributed by atoms with van der Waals surface area (Å²) in [4.78, 5) is 36.4. The Morgan fingerprint density at radius 1 is 1.19 bits per heavy atom. The van der Waals surface area contributed by atoms with Gasteiger partial charge in [-0.25, -0.2) is 0 Å². The summed E-state index contributed by atoms with van der Waals surface area (Å²) in [5.74, 6) is -1.15. The second-order valence-corrected chi connectivity index (χ2v) is 6.61. The van der Waals surface area contributed by atoms with Gasteiger partial charge < -0.3 is 10.2 Å². The second-order valence-electron chi connectivity index (χ2n) is 5.80. The molecule has 1 heterocycles. The Balaban J connectivity index is 1.71. The average Bonchev–Trinajstić information content (AvgIpc) is 2.99. The number of nitro groups is 1. The van der Waals surface area contributed by atoms with E-state index in [-0.39, 0.29) is 30.5 Å². The summed E-state index contributed by atoms with van der Waals surface area (Å²) in [5, 5.41) is 14.1. The summed E-state index contributed by atoms with van der Waals surface area (Å²) in [6.07, 6.45) is 0.0427. The van der Waals surface area contributed by atoms with Gasteiger partial charge in [0.2, 0.25) is 11.8 Å². The number of rotatable bonds is 4. The van der Waals surface area contributed by atoms with Crippen LogP contribution in [0.1, 0.15) is 6.42 Å². The predicted molar refractivity (Wildman–Crippen MR) is 98.6 cm³/mol. The number of nitrogens with zero attached hydrogens (tertiary/aromatic N) is 2. The lowest BCUT2D eigenvalue weighted by molar-refractivity contribution is -0.384. The van der Waals surface area contributed by atoms with Crippen LogP contribution in [0.4, 0.5) is 17.1 Å². The summed E-state index contributed by atoms with van der Waals surface area (Å²) in [6, 6.07) is 10.5.